The van der Waals surface area contributed by atoms with Gasteiger partial charge in [-0.05, 0) is 31.4 Å². The van der Waals surface area contributed by atoms with E-state index in [1.165, 1.54) is 17.8 Å². The van der Waals surface area contributed by atoms with Gasteiger partial charge in [0.25, 0.3) is 0 Å². The van der Waals surface area contributed by atoms with Crippen LogP contribution in [0.4, 0.5) is 15.0 Å². The first kappa shape index (κ1) is 40.5. The molecular formula is C35H48FN6O9P. The van der Waals surface area contributed by atoms with Crippen molar-refractivity contribution in [1.82, 2.24) is 24.6 Å². The highest BCUT2D eigenvalue weighted by atomic mass is 31.2. The number of carbonyl (C=O) groups is 2. The molecule has 0 spiro atoms. The molecule has 1 fully saturated rings. The summed E-state index contributed by atoms with van der Waals surface area (Å²) < 4.78 is 64.5. The third-order valence-corrected chi connectivity index (χ3v) is 10.3. The summed E-state index contributed by atoms with van der Waals surface area (Å²) in [5.74, 6) is 1.96. The SMILES string of the molecule is C#C[C@]1(CO[P@@](=O)(N[C@@H](C)C(=O)OCC(CC)CC)Oc2ccccc2)O[C@@H](n2cnc3c(N)nc(F)nc32)C[C@@H]1OC(=O)OCCCCCCC. The van der Waals surface area contributed by atoms with Crippen LogP contribution < -0.4 is 15.3 Å². The first-order valence-electron chi connectivity index (χ1n) is 17.5. The number of nitrogens with zero attached hydrogens (tertiary/aromatic N) is 4. The van der Waals surface area contributed by atoms with Crippen molar-refractivity contribution in [3.63, 3.8) is 0 Å². The number of hydrogen-bond acceptors (Lipinski definition) is 13. The maximum absolute atomic E-state index is 14.4. The van der Waals surface area contributed by atoms with Gasteiger partial charge in [-0.2, -0.15) is 19.4 Å². The Hall–Kier alpha value is -4.29. The van der Waals surface area contributed by atoms with E-state index in [2.05, 4.69) is 32.9 Å². The average molecular weight is 747 g/mol. The quantitative estimate of drug-likeness (QED) is 0.0420. The number of terminal acetylenes is 1. The Labute approximate surface area is 303 Å². The zero-order chi connectivity index (χ0) is 37.7. The molecule has 0 amide bonds. The van der Waals surface area contributed by atoms with Crippen LogP contribution in [-0.2, 0) is 32.8 Å². The molecule has 0 saturated carbocycles. The Bertz CT molecular complexity index is 1720. The molecule has 1 aliphatic heterocycles. The average Bonchev–Trinajstić information content (AvgIpc) is 3.71. The standard InChI is InChI=1S/C35H48FN6O9P/c1-6-10-11-12-16-19-46-34(44)49-27-20-28(42-23-38-29-30(37)39-33(36)40-31(29)42)50-35(27,9-4)22-48-52(45,51-26-17-14-13-15-18-26)41-24(5)32(43)47-21-25(7-2)8-3/h4,13-15,17-18,23-25,27-28H,6-8,10-12,16,19-22H2,1-3,5H3,(H,41,45)(H2,37,39,40)/t24-,27-,28+,35+,52-/m0/s1. The molecule has 284 valence electrons. The van der Waals surface area contributed by atoms with Crippen LogP contribution in [0.5, 0.6) is 5.75 Å². The number of anilines is 1. The highest BCUT2D eigenvalue weighted by molar-refractivity contribution is 7.52. The number of ether oxygens (including phenoxy) is 4. The van der Waals surface area contributed by atoms with E-state index >= 15 is 0 Å². The number of unbranched alkanes of at least 4 members (excludes halogenated alkanes) is 4. The Morgan fingerprint density at radius 3 is 2.58 bits per heavy atom. The third kappa shape index (κ3) is 10.6. The fourth-order valence-corrected chi connectivity index (χ4v) is 7.03. The monoisotopic (exact) mass is 746 g/mol. The van der Waals surface area contributed by atoms with Crippen molar-refractivity contribution in [3.8, 4) is 18.1 Å². The molecule has 4 rings (SSSR count). The Morgan fingerprint density at radius 2 is 1.88 bits per heavy atom. The fraction of sp³-hybridized carbons (Fsp3) is 0.571. The topological polar surface area (TPSA) is 188 Å². The van der Waals surface area contributed by atoms with Gasteiger partial charge in [0.1, 0.15) is 24.6 Å². The van der Waals surface area contributed by atoms with E-state index in [-0.39, 0.29) is 48.3 Å². The molecule has 0 aliphatic carbocycles. The summed E-state index contributed by atoms with van der Waals surface area (Å²) in [6, 6.07) is 7.02. The molecule has 3 aromatic rings. The number of nitrogen functional groups attached to an aromatic ring is 1. The van der Waals surface area contributed by atoms with Crippen molar-refractivity contribution in [2.24, 2.45) is 5.92 Å². The van der Waals surface area contributed by atoms with Crippen LogP contribution in [0.25, 0.3) is 11.2 Å². The van der Waals surface area contributed by atoms with Gasteiger partial charge >= 0.3 is 25.9 Å². The second-order valence-electron chi connectivity index (χ2n) is 12.5. The number of nitrogens with two attached hydrogens (primary N) is 1. The van der Waals surface area contributed by atoms with E-state index in [1.807, 2.05) is 13.8 Å². The van der Waals surface area contributed by atoms with Crippen molar-refractivity contribution >= 4 is 36.9 Å². The number of fused-ring (bicyclic) bond motifs is 1. The number of imidazole rings is 1. The maximum Gasteiger partial charge on any atom is 0.508 e. The molecule has 15 nitrogen and oxygen atoms in total. The number of benzene rings is 1. The molecular weight excluding hydrogens is 698 g/mol. The predicted octanol–water partition coefficient (Wildman–Crippen LogP) is 6.49. The second kappa shape index (κ2) is 19.0. The largest absolute Gasteiger partial charge is 0.508 e. The molecule has 2 aromatic heterocycles. The number of esters is 1. The van der Waals surface area contributed by atoms with E-state index in [4.69, 9.17) is 40.2 Å². The molecule has 1 aliphatic rings. The molecule has 0 radical (unpaired) electrons. The van der Waals surface area contributed by atoms with E-state index in [0.717, 1.165) is 38.5 Å². The van der Waals surface area contributed by atoms with Gasteiger partial charge in [-0.15, -0.1) is 6.42 Å². The van der Waals surface area contributed by atoms with Crippen LogP contribution in [0.3, 0.4) is 0 Å². The van der Waals surface area contributed by atoms with Crippen molar-refractivity contribution in [3.05, 3.63) is 42.7 Å². The maximum atomic E-state index is 14.4. The number of para-hydroxylation sites is 1. The number of halogens is 1. The molecule has 0 unspecified atom stereocenters. The number of aromatic nitrogens is 4. The lowest BCUT2D eigenvalue weighted by atomic mass is 9.99. The van der Waals surface area contributed by atoms with Crippen molar-refractivity contribution < 1.29 is 46.5 Å². The van der Waals surface area contributed by atoms with Gasteiger partial charge in [0.05, 0.1) is 19.5 Å². The molecule has 3 heterocycles. The lowest BCUT2D eigenvalue weighted by Crippen LogP contribution is -2.46. The van der Waals surface area contributed by atoms with Gasteiger partial charge in [0, 0.05) is 6.42 Å². The molecule has 1 saturated heterocycles. The van der Waals surface area contributed by atoms with Crippen LogP contribution in [0.15, 0.2) is 36.7 Å². The zero-order valence-corrected chi connectivity index (χ0v) is 30.9. The Morgan fingerprint density at radius 1 is 1.15 bits per heavy atom. The zero-order valence-electron chi connectivity index (χ0n) is 30.0. The number of rotatable bonds is 20. The van der Waals surface area contributed by atoms with E-state index in [1.54, 1.807) is 30.3 Å². The van der Waals surface area contributed by atoms with Crippen molar-refractivity contribution in [1.29, 1.82) is 0 Å². The van der Waals surface area contributed by atoms with Crippen LogP contribution in [0.2, 0.25) is 0 Å². The van der Waals surface area contributed by atoms with E-state index in [0.29, 0.717) is 6.42 Å². The summed E-state index contributed by atoms with van der Waals surface area (Å²) in [7, 11) is -4.45. The molecule has 17 heteroatoms. The number of hydrogen-bond donors (Lipinski definition) is 2. The minimum Gasteiger partial charge on any atom is -0.464 e. The van der Waals surface area contributed by atoms with E-state index < -0.39 is 56.5 Å². The molecule has 1 aromatic carbocycles. The first-order chi connectivity index (χ1) is 25.0. The van der Waals surface area contributed by atoms with Crippen LogP contribution in [-0.4, -0.2) is 69.2 Å². The molecule has 52 heavy (non-hydrogen) atoms. The molecule has 3 N–H and O–H groups in total. The second-order valence-corrected chi connectivity index (χ2v) is 14.2. The fourth-order valence-electron chi connectivity index (χ4n) is 5.51. The lowest BCUT2D eigenvalue weighted by molar-refractivity contribution is -0.146. The smallest absolute Gasteiger partial charge is 0.464 e. The van der Waals surface area contributed by atoms with Crippen LogP contribution in [0, 0.1) is 24.3 Å². The van der Waals surface area contributed by atoms with Gasteiger partial charge in [-0.25, -0.2) is 14.3 Å². The van der Waals surface area contributed by atoms with E-state index in [9.17, 15) is 18.5 Å². The van der Waals surface area contributed by atoms with Gasteiger partial charge in [0.15, 0.2) is 28.7 Å². The minimum atomic E-state index is -4.45. The lowest BCUT2D eigenvalue weighted by Gasteiger charge is -2.31. The van der Waals surface area contributed by atoms with Crippen molar-refractivity contribution in [2.75, 3.05) is 25.6 Å². The normalized spacial score (nSPS) is 20.2. The predicted molar refractivity (Wildman–Crippen MR) is 189 cm³/mol. The van der Waals surface area contributed by atoms with Crippen LogP contribution in [0.1, 0.15) is 85.3 Å². The summed E-state index contributed by atoms with van der Waals surface area (Å²) >= 11 is 0. The van der Waals surface area contributed by atoms with Gasteiger partial charge < -0.3 is 29.2 Å². The summed E-state index contributed by atoms with van der Waals surface area (Å²) in [5, 5.41) is 2.64. The minimum absolute atomic E-state index is 0.00221. The van der Waals surface area contributed by atoms with Gasteiger partial charge in [-0.1, -0.05) is 83.4 Å². The van der Waals surface area contributed by atoms with Gasteiger partial charge in [-0.3, -0.25) is 13.9 Å². The summed E-state index contributed by atoms with van der Waals surface area (Å²) in [6.45, 7) is 7.20. The highest BCUT2D eigenvalue weighted by Crippen LogP contribution is 2.48. The number of carbonyl (C=O) groups excluding carboxylic acids is 2. The van der Waals surface area contributed by atoms with Crippen LogP contribution >= 0.6 is 7.75 Å². The molecule has 0 bridgehead atoms. The summed E-state index contributed by atoms with van der Waals surface area (Å²) in [4.78, 5) is 37.4. The Balaban J connectivity index is 1.59. The molecule has 5 atom stereocenters. The highest BCUT2D eigenvalue weighted by Gasteiger charge is 2.53. The van der Waals surface area contributed by atoms with Gasteiger partial charge in [0.2, 0.25) is 0 Å². The Kier molecular flexibility index (Phi) is 14.8. The summed E-state index contributed by atoms with van der Waals surface area (Å²) in [5.41, 5.74) is 4.06. The van der Waals surface area contributed by atoms with Crippen molar-refractivity contribution in [2.45, 2.75) is 103 Å². The number of nitrogens with one attached hydrogen (secondary N) is 1. The first-order valence-corrected chi connectivity index (χ1v) is 19.1. The summed E-state index contributed by atoms with van der Waals surface area (Å²) in [6.07, 6.45) is 9.17. The third-order valence-electron chi connectivity index (χ3n) is 8.70.